The van der Waals surface area contributed by atoms with Crippen molar-refractivity contribution in [2.24, 2.45) is 5.41 Å². The maximum atomic E-state index is 12.4. The van der Waals surface area contributed by atoms with Crippen molar-refractivity contribution in [3.8, 4) is 0 Å². The molecule has 3 aliphatic heterocycles. The Bertz CT molecular complexity index is 640. The fourth-order valence-corrected chi connectivity index (χ4v) is 4.78. The van der Waals surface area contributed by atoms with Gasteiger partial charge in [0.25, 0.3) is 0 Å². The number of halogens is 1. The summed E-state index contributed by atoms with van der Waals surface area (Å²) in [6.07, 6.45) is 2.82. The average Bonchev–Trinajstić information content (AvgIpc) is 2.92. The molecule has 5 nitrogen and oxygen atoms in total. The standard InChI is InChI=1S/C20H28ClN3O2/c21-17-3-1-2-16(12-17)14-23-8-10-24(11-9-23)15-18-13-20(19(25)26-18)4-6-22-7-5-20/h1-3,12,18,22H,4-11,13-15H2. The van der Waals surface area contributed by atoms with Crippen molar-refractivity contribution in [2.45, 2.75) is 31.9 Å². The van der Waals surface area contributed by atoms with Gasteiger partial charge in [-0.15, -0.1) is 0 Å². The minimum absolute atomic E-state index is 0.0450. The molecule has 0 saturated carbocycles. The molecule has 3 heterocycles. The Morgan fingerprint density at radius 1 is 1.15 bits per heavy atom. The number of ether oxygens (including phenoxy) is 1. The van der Waals surface area contributed by atoms with Gasteiger partial charge < -0.3 is 10.1 Å². The minimum atomic E-state index is -0.204. The van der Waals surface area contributed by atoms with Crippen LogP contribution in [0.4, 0.5) is 0 Å². The topological polar surface area (TPSA) is 44.8 Å². The van der Waals surface area contributed by atoms with Gasteiger partial charge in [0, 0.05) is 50.7 Å². The van der Waals surface area contributed by atoms with Gasteiger partial charge in [-0.3, -0.25) is 14.6 Å². The van der Waals surface area contributed by atoms with Crippen molar-refractivity contribution in [1.29, 1.82) is 0 Å². The van der Waals surface area contributed by atoms with Crippen molar-refractivity contribution in [3.05, 3.63) is 34.9 Å². The third kappa shape index (κ3) is 4.06. The average molecular weight is 378 g/mol. The van der Waals surface area contributed by atoms with Crippen LogP contribution in [0, 0.1) is 5.41 Å². The number of rotatable bonds is 4. The lowest BCUT2D eigenvalue weighted by Gasteiger charge is -2.35. The molecule has 4 rings (SSSR count). The summed E-state index contributed by atoms with van der Waals surface area (Å²) in [5.74, 6) is 0.0450. The zero-order valence-electron chi connectivity index (χ0n) is 15.3. The Balaban J connectivity index is 1.25. The molecule has 1 unspecified atom stereocenters. The lowest BCUT2D eigenvalue weighted by atomic mass is 9.76. The minimum Gasteiger partial charge on any atom is -0.461 e. The van der Waals surface area contributed by atoms with Gasteiger partial charge in [-0.05, 0) is 43.6 Å². The molecule has 6 heteroatoms. The van der Waals surface area contributed by atoms with E-state index in [1.807, 2.05) is 18.2 Å². The summed E-state index contributed by atoms with van der Waals surface area (Å²) in [4.78, 5) is 17.3. The van der Waals surface area contributed by atoms with E-state index in [1.165, 1.54) is 5.56 Å². The van der Waals surface area contributed by atoms with Crippen LogP contribution in [0.15, 0.2) is 24.3 Å². The molecule has 0 bridgehead atoms. The van der Waals surface area contributed by atoms with Gasteiger partial charge in [0.2, 0.25) is 0 Å². The summed E-state index contributed by atoms with van der Waals surface area (Å²) in [7, 11) is 0. The molecule has 0 radical (unpaired) electrons. The van der Waals surface area contributed by atoms with Gasteiger partial charge in [-0.1, -0.05) is 23.7 Å². The Morgan fingerprint density at radius 3 is 2.62 bits per heavy atom. The zero-order valence-corrected chi connectivity index (χ0v) is 16.0. The number of nitrogens with one attached hydrogen (secondary N) is 1. The van der Waals surface area contributed by atoms with E-state index < -0.39 is 0 Å². The van der Waals surface area contributed by atoms with Gasteiger partial charge in [0.1, 0.15) is 6.10 Å². The molecule has 3 aliphatic rings. The monoisotopic (exact) mass is 377 g/mol. The lowest BCUT2D eigenvalue weighted by Crippen LogP contribution is -2.48. The summed E-state index contributed by atoms with van der Waals surface area (Å²) < 4.78 is 5.76. The SMILES string of the molecule is O=C1OC(CN2CCN(Cc3cccc(Cl)c3)CC2)CC12CCNCC2. The second-order valence-electron chi connectivity index (χ2n) is 7.97. The third-order valence-electron chi connectivity index (χ3n) is 6.11. The highest BCUT2D eigenvalue weighted by Gasteiger charge is 2.49. The van der Waals surface area contributed by atoms with Crippen LogP contribution in [0.25, 0.3) is 0 Å². The molecule has 3 saturated heterocycles. The number of benzene rings is 1. The van der Waals surface area contributed by atoms with Crippen molar-refractivity contribution in [3.63, 3.8) is 0 Å². The maximum absolute atomic E-state index is 12.4. The fraction of sp³-hybridized carbons (Fsp3) is 0.650. The summed E-state index contributed by atoms with van der Waals surface area (Å²) in [5.41, 5.74) is 1.06. The van der Waals surface area contributed by atoms with Crippen LogP contribution < -0.4 is 5.32 Å². The number of piperidine rings is 1. The number of piperazine rings is 1. The van der Waals surface area contributed by atoms with E-state index in [0.717, 1.165) is 76.6 Å². The predicted molar refractivity (Wildman–Crippen MR) is 102 cm³/mol. The highest BCUT2D eigenvalue weighted by atomic mass is 35.5. The molecule has 3 fully saturated rings. The van der Waals surface area contributed by atoms with Gasteiger partial charge >= 0.3 is 5.97 Å². The van der Waals surface area contributed by atoms with Crippen LogP contribution in [0.2, 0.25) is 5.02 Å². The lowest BCUT2D eigenvalue weighted by molar-refractivity contribution is -0.150. The Kier molecular flexibility index (Phi) is 5.50. The van der Waals surface area contributed by atoms with E-state index >= 15 is 0 Å². The number of esters is 1. The number of carbonyl (C=O) groups excluding carboxylic acids is 1. The highest BCUT2D eigenvalue weighted by Crippen LogP contribution is 2.41. The number of hydrogen-bond donors (Lipinski definition) is 1. The van der Waals surface area contributed by atoms with Crippen LogP contribution in [0.1, 0.15) is 24.8 Å². The van der Waals surface area contributed by atoms with E-state index in [-0.39, 0.29) is 17.5 Å². The number of cyclic esters (lactones) is 1. The first-order valence-corrected chi connectivity index (χ1v) is 10.1. The smallest absolute Gasteiger partial charge is 0.312 e. The Hall–Kier alpha value is -1.14. The van der Waals surface area contributed by atoms with Crippen LogP contribution in [0.3, 0.4) is 0 Å². The molecule has 26 heavy (non-hydrogen) atoms. The predicted octanol–water partition coefficient (Wildman–Crippen LogP) is 2.14. The number of carbonyl (C=O) groups is 1. The quantitative estimate of drug-likeness (QED) is 0.814. The fourth-order valence-electron chi connectivity index (χ4n) is 4.56. The largest absolute Gasteiger partial charge is 0.461 e. The molecular formula is C20H28ClN3O2. The molecule has 1 atom stereocenters. The van der Waals surface area contributed by atoms with Crippen LogP contribution in [-0.2, 0) is 16.1 Å². The highest BCUT2D eigenvalue weighted by molar-refractivity contribution is 6.30. The van der Waals surface area contributed by atoms with Gasteiger partial charge in [0.15, 0.2) is 0 Å². The third-order valence-corrected chi connectivity index (χ3v) is 6.34. The Labute approximate surface area is 160 Å². The van der Waals surface area contributed by atoms with E-state index in [1.54, 1.807) is 0 Å². The molecule has 0 amide bonds. The molecule has 142 valence electrons. The zero-order chi connectivity index (χ0) is 18.0. The van der Waals surface area contributed by atoms with Gasteiger partial charge in [0.05, 0.1) is 5.41 Å². The Morgan fingerprint density at radius 2 is 1.88 bits per heavy atom. The molecule has 1 N–H and O–H groups in total. The molecule has 0 aliphatic carbocycles. The molecule has 1 spiro atoms. The van der Waals surface area contributed by atoms with Crippen molar-refractivity contribution in [2.75, 3.05) is 45.8 Å². The summed E-state index contributed by atoms with van der Waals surface area (Å²) in [6.45, 7) is 7.85. The molecular weight excluding hydrogens is 350 g/mol. The van der Waals surface area contributed by atoms with E-state index in [0.29, 0.717) is 0 Å². The van der Waals surface area contributed by atoms with E-state index in [4.69, 9.17) is 16.3 Å². The van der Waals surface area contributed by atoms with E-state index in [2.05, 4.69) is 21.2 Å². The van der Waals surface area contributed by atoms with Gasteiger partial charge in [-0.25, -0.2) is 0 Å². The molecule has 1 aromatic rings. The van der Waals surface area contributed by atoms with Crippen LogP contribution >= 0.6 is 11.6 Å². The van der Waals surface area contributed by atoms with Crippen molar-refractivity contribution in [1.82, 2.24) is 15.1 Å². The molecule has 0 aromatic heterocycles. The summed E-state index contributed by atoms with van der Waals surface area (Å²) in [6, 6.07) is 8.11. The number of hydrogen-bond acceptors (Lipinski definition) is 5. The first-order chi connectivity index (χ1) is 12.6. The first-order valence-electron chi connectivity index (χ1n) is 9.74. The van der Waals surface area contributed by atoms with Crippen LogP contribution in [0.5, 0.6) is 0 Å². The molecule has 1 aromatic carbocycles. The summed E-state index contributed by atoms with van der Waals surface area (Å²) >= 11 is 6.08. The van der Waals surface area contributed by atoms with Crippen molar-refractivity contribution >= 4 is 17.6 Å². The first kappa shape index (κ1) is 18.2. The van der Waals surface area contributed by atoms with Crippen LogP contribution in [-0.4, -0.2) is 67.7 Å². The van der Waals surface area contributed by atoms with Crippen molar-refractivity contribution < 1.29 is 9.53 Å². The van der Waals surface area contributed by atoms with E-state index in [9.17, 15) is 4.79 Å². The number of nitrogens with zero attached hydrogens (tertiary/aromatic N) is 2. The summed E-state index contributed by atoms with van der Waals surface area (Å²) in [5, 5.41) is 4.15. The maximum Gasteiger partial charge on any atom is 0.312 e. The second-order valence-corrected chi connectivity index (χ2v) is 8.40. The van der Waals surface area contributed by atoms with Gasteiger partial charge in [-0.2, -0.15) is 0 Å². The normalized spacial score (nSPS) is 27.0. The second kappa shape index (κ2) is 7.85.